The van der Waals surface area contributed by atoms with Gasteiger partial charge in [0.2, 0.25) is 5.88 Å². The third-order valence-electron chi connectivity index (χ3n) is 5.52. The average molecular weight is 403 g/mol. The number of fused-ring (bicyclic) bond motifs is 4. The van der Waals surface area contributed by atoms with Gasteiger partial charge in [0.1, 0.15) is 0 Å². The van der Waals surface area contributed by atoms with Gasteiger partial charge in [-0.1, -0.05) is 6.07 Å². The largest absolute Gasteiger partial charge is 0.477 e. The summed E-state index contributed by atoms with van der Waals surface area (Å²) in [7, 11) is 3.60. The number of hydrogen-bond donors (Lipinski definition) is 2. The monoisotopic (exact) mass is 403 g/mol. The maximum absolute atomic E-state index is 12.9. The SMILES string of the molecule is CN1CCCOc2c(cnn2C)-c2ccc3c(c2)/C(=C/c2[nH]ccc2C1=O)C(=O)N3. The highest BCUT2D eigenvalue weighted by Crippen LogP contribution is 2.38. The van der Waals surface area contributed by atoms with Gasteiger partial charge in [-0.3, -0.25) is 9.59 Å². The Balaban J connectivity index is 1.70. The average Bonchev–Trinajstić information content (AvgIpc) is 3.42. The van der Waals surface area contributed by atoms with E-state index >= 15 is 0 Å². The van der Waals surface area contributed by atoms with Crippen LogP contribution < -0.4 is 10.1 Å². The van der Waals surface area contributed by atoms with Crippen molar-refractivity contribution in [1.29, 1.82) is 0 Å². The fraction of sp³-hybridized carbons (Fsp3) is 0.227. The number of carbonyl (C=O) groups excluding carboxylic acids is 2. The van der Waals surface area contributed by atoms with E-state index in [4.69, 9.17) is 4.74 Å². The van der Waals surface area contributed by atoms with Crippen molar-refractivity contribution in [2.45, 2.75) is 6.42 Å². The van der Waals surface area contributed by atoms with Crippen molar-refractivity contribution in [2.24, 2.45) is 7.05 Å². The van der Waals surface area contributed by atoms with Gasteiger partial charge in [0.25, 0.3) is 11.8 Å². The summed E-state index contributed by atoms with van der Waals surface area (Å²) in [4.78, 5) is 30.4. The predicted molar refractivity (Wildman–Crippen MR) is 113 cm³/mol. The highest BCUT2D eigenvalue weighted by atomic mass is 16.5. The molecule has 2 bridgehead atoms. The summed E-state index contributed by atoms with van der Waals surface area (Å²) in [6.07, 6.45) is 5.90. The summed E-state index contributed by atoms with van der Waals surface area (Å²) in [5, 5.41) is 7.24. The van der Waals surface area contributed by atoms with Gasteiger partial charge < -0.3 is 19.9 Å². The van der Waals surface area contributed by atoms with Crippen LogP contribution in [-0.4, -0.2) is 51.7 Å². The van der Waals surface area contributed by atoms with Crippen LogP contribution in [0.25, 0.3) is 22.8 Å². The molecule has 0 saturated carbocycles. The molecule has 4 heterocycles. The Bertz CT molecular complexity index is 1200. The number of aromatic amines is 1. The lowest BCUT2D eigenvalue weighted by Crippen LogP contribution is -2.29. The van der Waals surface area contributed by atoms with E-state index in [-0.39, 0.29) is 11.8 Å². The van der Waals surface area contributed by atoms with Gasteiger partial charge in [0.05, 0.1) is 35.2 Å². The number of H-pyrrole nitrogens is 1. The molecule has 0 radical (unpaired) electrons. The van der Waals surface area contributed by atoms with Crippen molar-refractivity contribution in [2.75, 3.05) is 25.5 Å². The van der Waals surface area contributed by atoms with E-state index in [0.29, 0.717) is 42.3 Å². The van der Waals surface area contributed by atoms with Crippen molar-refractivity contribution in [3.63, 3.8) is 0 Å². The van der Waals surface area contributed by atoms with E-state index in [1.165, 1.54) is 0 Å². The normalized spacial score (nSPS) is 17.8. The molecule has 0 unspecified atom stereocenters. The molecule has 2 N–H and O–H groups in total. The number of amides is 2. The Morgan fingerprint density at radius 1 is 1.10 bits per heavy atom. The Hall–Kier alpha value is -3.81. The van der Waals surface area contributed by atoms with Gasteiger partial charge in [-0.2, -0.15) is 5.10 Å². The minimum atomic E-state index is -0.199. The molecule has 2 amide bonds. The van der Waals surface area contributed by atoms with Crippen LogP contribution in [0.4, 0.5) is 5.69 Å². The number of ether oxygens (including phenoxy) is 1. The zero-order chi connectivity index (χ0) is 20.8. The minimum Gasteiger partial charge on any atom is -0.477 e. The van der Waals surface area contributed by atoms with Crippen molar-refractivity contribution in [3.8, 4) is 17.0 Å². The number of anilines is 1. The number of rotatable bonds is 0. The standard InChI is InChI=1S/C22H21N5O3/c1-26-8-3-9-30-22-17(12-24-27(22)2)13-4-5-18-15(10-13)16(20(28)25-18)11-19-14(21(26)29)6-7-23-19/h4-7,10-12,23H,3,8-9H2,1-2H3,(H,25,28)/b16-11-. The number of hydrogen-bond acceptors (Lipinski definition) is 4. The quantitative estimate of drug-likeness (QED) is 0.604. The van der Waals surface area contributed by atoms with Gasteiger partial charge in [0, 0.05) is 38.1 Å². The summed E-state index contributed by atoms with van der Waals surface area (Å²) in [6, 6.07) is 7.53. The van der Waals surface area contributed by atoms with Crippen LogP contribution >= 0.6 is 0 Å². The number of aromatic nitrogens is 3. The molecule has 0 fully saturated rings. The second kappa shape index (κ2) is 6.91. The first kappa shape index (κ1) is 18.2. The summed E-state index contributed by atoms with van der Waals surface area (Å²) >= 11 is 0. The third kappa shape index (κ3) is 2.88. The van der Waals surface area contributed by atoms with Crippen LogP contribution in [0.3, 0.4) is 0 Å². The first-order valence-corrected chi connectivity index (χ1v) is 9.78. The topological polar surface area (TPSA) is 92.2 Å². The fourth-order valence-electron chi connectivity index (χ4n) is 3.90. The third-order valence-corrected chi connectivity index (χ3v) is 5.52. The molecule has 8 heteroatoms. The maximum Gasteiger partial charge on any atom is 0.256 e. The van der Waals surface area contributed by atoms with E-state index < -0.39 is 0 Å². The molecule has 5 rings (SSSR count). The molecule has 0 spiro atoms. The van der Waals surface area contributed by atoms with Crippen molar-refractivity contribution in [1.82, 2.24) is 19.7 Å². The molecule has 0 saturated heterocycles. The molecule has 3 aromatic rings. The smallest absolute Gasteiger partial charge is 0.256 e. The summed E-state index contributed by atoms with van der Waals surface area (Å²) in [5.74, 6) is 0.355. The van der Waals surface area contributed by atoms with E-state index in [0.717, 1.165) is 22.4 Å². The molecule has 1 aromatic carbocycles. The fourth-order valence-corrected chi connectivity index (χ4v) is 3.90. The number of carbonyl (C=O) groups is 2. The highest BCUT2D eigenvalue weighted by molar-refractivity contribution is 6.35. The molecular formula is C22H21N5O3. The van der Waals surface area contributed by atoms with Crippen LogP contribution in [-0.2, 0) is 11.8 Å². The van der Waals surface area contributed by atoms with Crippen LogP contribution in [0.15, 0.2) is 36.7 Å². The number of nitrogens with zero attached hydrogens (tertiary/aromatic N) is 3. The molecule has 0 atom stereocenters. The lowest BCUT2D eigenvalue weighted by atomic mass is 9.99. The Labute approximate surface area is 173 Å². The van der Waals surface area contributed by atoms with E-state index in [9.17, 15) is 9.59 Å². The van der Waals surface area contributed by atoms with Crippen molar-refractivity contribution in [3.05, 3.63) is 53.5 Å². The van der Waals surface area contributed by atoms with Gasteiger partial charge in [-0.15, -0.1) is 0 Å². The second-order valence-electron chi connectivity index (χ2n) is 7.49. The summed E-state index contributed by atoms with van der Waals surface area (Å²) < 4.78 is 7.72. The van der Waals surface area contributed by atoms with Gasteiger partial charge in [0.15, 0.2) is 0 Å². The van der Waals surface area contributed by atoms with Gasteiger partial charge >= 0.3 is 0 Å². The summed E-state index contributed by atoms with van der Waals surface area (Å²) in [5.41, 5.74) is 4.94. The Morgan fingerprint density at radius 2 is 1.97 bits per heavy atom. The highest BCUT2D eigenvalue weighted by Gasteiger charge is 2.27. The molecule has 2 aliphatic heterocycles. The van der Waals surface area contributed by atoms with Crippen molar-refractivity contribution >= 4 is 29.2 Å². The number of aryl methyl sites for hydroxylation is 1. The van der Waals surface area contributed by atoms with E-state index in [1.807, 2.05) is 25.2 Å². The van der Waals surface area contributed by atoms with Gasteiger partial charge in [-0.25, -0.2) is 4.68 Å². The maximum atomic E-state index is 12.9. The molecular weight excluding hydrogens is 382 g/mol. The zero-order valence-electron chi connectivity index (χ0n) is 16.7. The zero-order valence-corrected chi connectivity index (χ0v) is 16.7. The van der Waals surface area contributed by atoms with Crippen LogP contribution in [0, 0.1) is 0 Å². The Morgan fingerprint density at radius 3 is 2.83 bits per heavy atom. The van der Waals surface area contributed by atoms with Crippen LogP contribution in [0.5, 0.6) is 5.88 Å². The minimum absolute atomic E-state index is 0.105. The molecule has 2 aromatic heterocycles. The molecule has 152 valence electrons. The van der Waals surface area contributed by atoms with E-state index in [1.54, 1.807) is 41.2 Å². The van der Waals surface area contributed by atoms with Crippen molar-refractivity contribution < 1.29 is 14.3 Å². The van der Waals surface area contributed by atoms with E-state index in [2.05, 4.69) is 15.4 Å². The number of benzene rings is 1. The number of nitrogens with one attached hydrogen (secondary N) is 2. The Kier molecular flexibility index (Phi) is 4.20. The lowest BCUT2D eigenvalue weighted by Gasteiger charge is -2.17. The van der Waals surface area contributed by atoms with Crippen LogP contribution in [0.1, 0.15) is 28.0 Å². The second-order valence-corrected chi connectivity index (χ2v) is 7.49. The molecule has 8 nitrogen and oxygen atoms in total. The summed E-state index contributed by atoms with van der Waals surface area (Å²) in [6.45, 7) is 1.00. The van der Waals surface area contributed by atoms with Crippen LogP contribution in [0.2, 0.25) is 0 Å². The molecule has 0 aliphatic carbocycles. The lowest BCUT2D eigenvalue weighted by molar-refractivity contribution is -0.110. The first-order valence-electron chi connectivity index (χ1n) is 9.78. The molecule has 30 heavy (non-hydrogen) atoms. The molecule has 2 aliphatic rings. The predicted octanol–water partition coefficient (Wildman–Crippen LogP) is 2.76. The van der Waals surface area contributed by atoms with Gasteiger partial charge in [-0.05, 0) is 36.3 Å². The first-order chi connectivity index (χ1) is 14.5.